The third-order valence-electron chi connectivity index (χ3n) is 6.64. The fourth-order valence-corrected chi connectivity index (χ4v) is 4.61. The Labute approximate surface area is 189 Å². The van der Waals surface area contributed by atoms with Gasteiger partial charge in [0.2, 0.25) is 0 Å². The first-order valence-electron chi connectivity index (χ1n) is 11.4. The molecule has 0 radical (unpaired) electrons. The monoisotopic (exact) mass is 432 g/mol. The summed E-state index contributed by atoms with van der Waals surface area (Å²) in [6, 6.07) is 15.6. The van der Waals surface area contributed by atoms with Gasteiger partial charge in [0.05, 0.1) is 12.1 Å². The van der Waals surface area contributed by atoms with E-state index in [9.17, 15) is 9.59 Å². The average molecular weight is 433 g/mol. The van der Waals surface area contributed by atoms with Crippen molar-refractivity contribution in [2.75, 3.05) is 25.0 Å². The third kappa shape index (κ3) is 4.70. The molecule has 1 aromatic heterocycles. The summed E-state index contributed by atoms with van der Waals surface area (Å²) in [5, 5.41) is 3.99. The van der Waals surface area contributed by atoms with Crippen LogP contribution in [0.5, 0.6) is 0 Å². The minimum Gasteiger partial charge on any atom is -0.321 e. The van der Waals surface area contributed by atoms with Gasteiger partial charge in [-0.2, -0.15) is 0 Å². The number of rotatable bonds is 6. The maximum atomic E-state index is 13.3. The number of nitrogens with zero attached hydrogens (tertiary/aromatic N) is 2. The van der Waals surface area contributed by atoms with E-state index in [-0.39, 0.29) is 18.1 Å². The van der Waals surface area contributed by atoms with Crippen molar-refractivity contribution in [2.45, 2.75) is 46.2 Å². The zero-order valence-electron chi connectivity index (χ0n) is 19.1. The van der Waals surface area contributed by atoms with Gasteiger partial charge in [0.25, 0.3) is 5.56 Å². The van der Waals surface area contributed by atoms with Gasteiger partial charge in [-0.25, -0.2) is 4.79 Å². The number of urea groups is 1. The van der Waals surface area contributed by atoms with E-state index in [1.165, 1.54) is 0 Å². The van der Waals surface area contributed by atoms with Crippen LogP contribution in [0.4, 0.5) is 10.5 Å². The van der Waals surface area contributed by atoms with Gasteiger partial charge in [-0.1, -0.05) is 37.3 Å². The number of aromatic nitrogens is 1. The lowest BCUT2D eigenvalue weighted by Gasteiger charge is -2.30. The molecule has 4 rings (SSSR count). The number of pyridine rings is 1. The molecule has 2 aromatic carbocycles. The molecule has 6 nitrogen and oxygen atoms in total. The van der Waals surface area contributed by atoms with Crippen LogP contribution >= 0.6 is 0 Å². The second kappa shape index (κ2) is 9.57. The maximum absolute atomic E-state index is 13.3. The number of carbonyl (C=O) groups excluding carboxylic acids is 1. The molecule has 1 fully saturated rings. The van der Waals surface area contributed by atoms with Crippen molar-refractivity contribution in [3.63, 3.8) is 0 Å². The lowest BCUT2D eigenvalue weighted by atomic mass is 10.0. The van der Waals surface area contributed by atoms with Crippen molar-refractivity contribution >= 4 is 22.6 Å². The van der Waals surface area contributed by atoms with Crippen LogP contribution in [0.3, 0.4) is 0 Å². The lowest BCUT2D eigenvalue weighted by Crippen LogP contribution is -2.45. The number of aryl methyl sites for hydroxylation is 2. The predicted molar refractivity (Wildman–Crippen MR) is 130 cm³/mol. The first-order chi connectivity index (χ1) is 15.5. The van der Waals surface area contributed by atoms with Crippen LogP contribution < -0.4 is 10.9 Å². The van der Waals surface area contributed by atoms with Crippen LogP contribution in [-0.2, 0) is 6.54 Å². The molecular weight excluding hydrogens is 400 g/mol. The van der Waals surface area contributed by atoms with Crippen LogP contribution in [0.15, 0.2) is 53.3 Å². The van der Waals surface area contributed by atoms with Gasteiger partial charge < -0.3 is 15.2 Å². The van der Waals surface area contributed by atoms with Crippen LogP contribution in [0.1, 0.15) is 36.5 Å². The number of amides is 2. The molecular formula is C26H32N4O2. The van der Waals surface area contributed by atoms with Gasteiger partial charge in [0.1, 0.15) is 0 Å². The Morgan fingerprint density at radius 3 is 2.72 bits per heavy atom. The number of likely N-dealkylation sites (N-methyl/N-ethyl adjacent to an activating group) is 1. The minimum absolute atomic E-state index is 0.137. The Morgan fingerprint density at radius 1 is 1.19 bits per heavy atom. The van der Waals surface area contributed by atoms with Gasteiger partial charge in [0.15, 0.2) is 0 Å². The zero-order chi connectivity index (χ0) is 22.7. The van der Waals surface area contributed by atoms with E-state index in [0.717, 1.165) is 53.6 Å². The zero-order valence-corrected chi connectivity index (χ0v) is 19.1. The molecule has 1 atom stereocenters. The van der Waals surface area contributed by atoms with Crippen LogP contribution in [0, 0.1) is 13.8 Å². The number of anilines is 1. The smallest absolute Gasteiger partial charge is 0.321 e. The molecule has 6 heteroatoms. The van der Waals surface area contributed by atoms with Crippen molar-refractivity contribution in [2.24, 2.45) is 0 Å². The molecule has 1 saturated heterocycles. The van der Waals surface area contributed by atoms with E-state index >= 15 is 0 Å². The molecule has 1 aliphatic rings. The summed E-state index contributed by atoms with van der Waals surface area (Å²) in [6.45, 7) is 9.11. The van der Waals surface area contributed by atoms with E-state index in [4.69, 9.17) is 0 Å². The number of benzene rings is 2. The fourth-order valence-electron chi connectivity index (χ4n) is 4.61. The number of fused-ring (bicyclic) bond motifs is 1. The average Bonchev–Trinajstić information content (AvgIpc) is 3.25. The van der Waals surface area contributed by atoms with Gasteiger partial charge in [-0.15, -0.1) is 0 Å². The number of hydrogen-bond acceptors (Lipinski definition) is 3. The Balaban J connectivity index is 1.63. The third-order valence-corrected chi connectivity index (χ3v) is 6.64. The van der Waals surface area contributed by atoms with Crippen molar-refractivity contribution in [1.82, 2.24) is 14.8 Å². The highest BCUT2D eigenvalue weighted by Crippen LogP contribution is 2.22. The lowest BCUT2D eigenvalue weighted by molar-refractivity contribution is 0.174. The molecule has 0 spiro atoms. The number of carbonyl (C=O) groups is 1. The second-order valence-electron chi connectivity index (χ2n) is 8.70. The van der Waals surface area contributed by atoms with E-state index in [2.05, 4.69) is 28.2 Å². The second-order valence-corrected chi connectivity index (χ2v) is 8.70. The van der Waals surface area contributed by atoms with Crippen molar-refractivity contribution in [1.29, 1.82) is 0 Å². The number of hydrogen-bond donors (Lipinski definition) is 2. The summed E-state index contributed by atoms with van der Waals surface area (Å²) in [7, 11) is 0. The summed E-state index contributed by atoms with van der Waals surface area (Å²) in [6.07, 6.45) is 2.21. The molecule has 168 valence electrons. The SMILES string of the molecule is CCN1CCCC1CN(Cc1cc2ccc(C)c(C)c2[nH]c1=O)C(=O)Nc1ccccc1. The summed E-state index contributed by atoms with van der Waals surface area (Å²) in [4.78, 5) is 33.5. The predicted octanol–water partition coefficient (Wildman–Crippen LogP) is 4.66. The van der Waals surface area contributed by atoms with Gasteiger partial charge in [0, 0.05) is 23.8 Å². The summed E-state index contributed by atoms with van der Waals surface area (Å²) in [5.74, 6) is 0. The van der Waals surface area contributed by atoms with E-state index in [1.54, 1.807) is 4.90 Å². The summed E-state index contributed by atoms with van der Waals surface area (Å²) < 4.78 is 0. The number of likely N-dealkylation sites (tertiary alicyclic amines) is 1. The van der Waals surface area contributed by atoms with Gasteiger partial charge in [-0.3, -0.25) is 9.69 Å². The van der Waals surface area contributed by atoms with Crippen molar-refractivity contribution in [3.8, 4) is 0 Å². The molecule has 2 amide bonds. The van der Waals surface area contributed by atoms with E-state index < -0.39 is 0 Å². The minimum atomic E-state index is -0.182. The molecule has 2 heterocycles. The molecule has 32 heavy (non-hydrogen) atoms. The van der Waals surface area contributed by atoms with Gasteiger partial charge >= 0.3 is 6.03 Å². The number of H-pyrrole nitrogens is 1. The van der Waals surface area contributed by atoms with Crippen molar-refractivity contribution < 1.29 is 4.79 Å². The molecule has 1 unspecified atom stereocenters. The Hall–Kier alpha value is -3.12. The number of para-hydroxylation sites is 1. The Bertz CT molecular complexity index is 1160. The quantitative estimate of drug-likeness (QED) is 0.595. The van der Waals surface area contributed by atoms with Crippen LogP contribution in [0.25, 0.3) is 10.9 Å². The number of aromatic amines is 1. The highest BCUT2D eigenvalue weighted by Gasteiger charge is 2.28. The highest BCUT2D eigenvalue weighted by molar-refractivity contribution is 5.89. The topological polar surface area (TPSA) is 68.4 Å². The van der Waals surface area contributed by atoms with Gasteiger partial charge in [-0.05, 0) is 74.5 Å². The normalized spacial score (nSPS) is 16.4. The van der Waals surface area contributed by atoms with E-state index in [0.29, 0.717) is 18.2 Å². The highest BCUT2D eigenvalue weighted by atomic mass is 16.2. The summed E-state index contributed by atoms with van der Waals surface area (Å²) in [5.41, 5.74) is 4.30. The Kier molecular flexibility index (Phi) is 6.61. The molecule has 0 aliphatic carbocycles. The summed E-state index contributed by atoms with van der Waals surface area (Å²) >= 11 is 0. The Morgan fingerprint density at radius 2 is 1.97 bits per heavy atom. The molecule has 3 aromatic rings. The molecule has 0 bridgehead atoms. The van der Waals surface area contributed by atoms with Crippen molar-refractivity contribution in [3.05, 3.63) is 75.6 Å². The van der Waals surface area contributed by atoms with Crippen LogP contribution in [0.2, 0.25) is 0 Å². The first-order valence-corrected chi connectivity index (χ1v) is 11.4. The maximum Gasteiger partial charge on any atom is 0.322 e. The first kappa shape index (κ1) is 22.1. The number of nitrogens with one attached hydrogen (secondary N) is 2. The van der Waals surface area contributed by atoms with E-state index in [1.807, 2.05) is 56.3 Å². The molecule has 0 saturated carbocycles. The standard InChI is InChI=1S/C26H32N4O2/c1-4-29-14-8-11-23(29)17-30(26(32)27-22-9-6-5-7-10-22)16-21-15-20-13-12-18(2)19(3)24(20)28-25(21)31/h5-7,9-10,12-13,15,23H,4,8,11,14,16-17H2,1-3H3,(H,27,32)(H,28,31). The molecule has 2 N–H and O–H groups in total. The molecule has 1 aliphatic heterocycles. The van der Waals surface area contributed by atoms with Crippen LogP contribution in [-0.4, -0.2) is 46.5 Å². The largest absolute Gasteiger partial charge is 0.322 e. The fraction of sp³-hybridized carbons (Fsp3) is 0.385.